The molecule has 0 saturated heterocycles. The summed E-state index contributed by atoms with van der Waals surface area (Å²) < 4.78 is 5.65. The monoisotopic (exact) mass is 272 g/mol. The van der Waals surface area contributed by atoms with Gasteiger partial charge in [0.05, 0.1) is 12.1 Å². The second-order valence-electron chi connectivity index (χ2n) is 4.82. The smallest absolute Gasteiger partial charge is 0.331 e. The maximum absolute atomic E-state index is 11.1. The molecule has 0 aromatic heterocycles. The van der Waals surface area contributed by atoms with Crippen molar-refractivity contribution in [1.82, 2.24) is 5.32 Å². The molecule has 6 heteroatoms. The topological polar surface area (TPSA) is 105 Å². The Morgan fingerprint density at radius 3 is 2.84 bits per heavy atom. The highest BCUT2D eigenvalue weighted by Gasteiger charge is 2.34. The van der Waals surface area contributed by atoms with E-state index in [1.165, 1.54) is 0 Å². The van der Waals surface area contributed by atoms with Crippen LogP contribution in [0.4, 0.5) is 0 Å². The lowest BCUT2D eigenvalue weighted by atomic mass is 9.88. The predicted molar refractivity (Wildman–Crippen MR) is 71.6 cm³/mol. The van der Waals surface area contributed by atoms with E-state index in [4.69, 9.17) is 15.6 Å². The van der Waals surface area contributed by atoms with Crippen LogP contribution in [0.2, 0.25) is 0 Å². The molecule has 0 aromatic carbocycles. The molecule has 19 heavy (non-hydrogen) atoms. The Morgan fingerprint density at radius 2 is 2.32 bits per heavy atom. The van der Waals surface area contributed by atoms with Crippen molar-refractivity contribution in [3.05, 3.63) is 11.6 Å². The molecule has 0 aromatic rings. The van der Waals surface area contributed by atoms with Gasteiger partial charge in [-0.05, 0) is 25.3 Å². The molecule has 0 bridgehead atoms. The molecular formula is C13H24N2O4. The van der Waals surface area contributed by atoms with Gasteiger partial charge >= 0.3 is 5.97 Å². The van der Waals surface area contributed by atoms with Crippen LogP contribution in [0.15, 0.2) is 11.6 Å². The zero-order valence-corrected chi connectivity index (χ0v) is 11.5. The molecule has 6 nitrogen and oxygen atoms in total. The van der Waals surface area contributed by atoms with Gasteiger partial charge in [-0.15, -0.1) is 0 Å². The molecule has 0 heterocycles. The number of nitrogens with two attached hydrogens (primary N) is 1. The van der Waals surface area contributed by atoms with Crippen LogP contribution >= 0.6 is 0 Å². The molecule has 0 saturated carbocycles. The van der Waals surface area contributed by atoms with Crippen LogP contribution in [0.25, 0.3) is 0 Å². The van der Waals surface area contributed by atoms with Gasteiger partial charge in [-0.2, -0.15) is 0 Å². The highest BCUT2D eigenvalue weighted by molar-refractivity contribution is 5.87. The maximum Gasteiger partial charge on any atom is 0.331 e. The molecule has 0 fully saturated rings. The second-order valence-corrected chi connectivity index (χ2v) is 4.82. The summed E-state index contributed by atoms with van der Waals surface area (Å²) in [5.74, 6) is -0.963. The largest absolute Gasteiger partial charge is 0.478 e. The number of aliphatic hydroxyl groups is 1. The standard InChI is InChI=1S/C13H24N2O4/c1-3-5-19-10-7-8(13(17)18)6-9(14)12(10)15-11(16)4-2/h7,9-12,15-16H,3-6,14H2,1-2H3,(H,17,18)/t9-,10+,11+,12+/m0/s1. The summed E-state index contributed by atoms with van der Waals surface area (Å²) >= 11 is 0. The molecule has 1 aliphatic carbocycles. The van der Waals surface area contributed by atoms with Gasteiger partial charge in [0, 0.05) is 18.2 Å². The Labute approximate surface area is 113 Å². The van der Waals surface area contributed by atoms with E-state index in [9.17, 15) is 9.90 Å². The SMILES string of the molecule is CCCO[C@@H]1C=C(C(=O)O)C[C@H](N)[C@H]1N[C@H](O)CC. The Bertz CT molecular complexity index is 333. The molecular weight excluding hydrogens is 248 g/mol. The first-order chi connectivity index (χ1) is 8.99. The lowest BCUT2D eigenvalue weighted by Gasteiger charge is -2.36. The Balaban J connectivity index is 2.83. The van der Waals surface area contributed by atoms with Crippen molar-refractivity contribution in [3.8, 4) is 0 Å². The summed E-state index contributed by atoms with van der Waals surface area (Å²) in [7, 11) is 0. The Kier molecular flexibility index (Phi) is 6.44. The van der Waals surface area contributed by atoms with Crippen LogP contribution in [0, 0.1) is 0 Å². The number of hydrogen-bond donors (Lipinski definition) is 4. The lowest BCUT2D eigenvalue weighted by Crippen LogP contribution is -2.57. The van der Waals surface area contributed by atoms with Crippen molar-refractivity contribution in [2.24, 2.45) is 5.73 Å². The van der Waals surface area contributed by atoms with Gasteiger partial charge in [0.2, 0.25) is 0 Å². The van der Waals surface area contributed by atoms with E-state index < -0.39 is 18.3 Å². The summed E-state index contributed by atoms with van der Waals surface area (Å²) in [5.41, 5.74) is 6.29. The van der Waals surface area contributed by atoms with Crippen molar-refractivity contribution >= 4 is 5.97 Å². The summed E-state index contributed by atoms with van der Waals surface area (Å²) in [4.78, 5) is 11.1. The first kappa shape index (κ1) is 16.1. The van der Waals surface area contributed by atoms with E-state index in [0.29, 0.717) is 13.0 Å². The van der Waals surface area contributed by atoms with Gasteiger partial charge in [-0.1, -0.05) is 13.8 Å². The zero-order chi connectivity index (χ0) is 14.4. The first-order valence-corrected chi connectivity index (χ1v) is 6.74. The predicted octanol–water partition coefficient (Wildman–Crippen LogP) is 0.210. The summed E-state index contributed by atoms with van der Waals surface area (Å²) in [5, 5.41) is 21.8. The number of aliphatic hydroxyl groups excluding tert-OH is 1. The summed E-state index contributed by atoms with van der Waals surface area (Å²) in [6.45, 7) is 4.36. The number of carbonyl (C=O) groups is 1. The third-order valence-corrected chi connectivity index (χ3v) is 3.20. The number of aliphatic carboxylic acids is 1. The van der Waals surface area contributed by atoms with Gasteiger partial charge in [0.15, 0.2) is 0 Å². The number of carboxylic acids is 1. The van der Waals surface area contributed by atoms with E-state index in [2.05, 4.69) is 5.32 Å². The maximum atomic E-state index is 11.1. The highest BCUT2D eigenvalue weighted by Crippen LogP contribution is 2.21. The van der Waals surface area contributed by atoms with Crippen LogP contribution in [0.1, 0.15) is 33.1 Å². The number of nitrogens with one attached hydrogen (secondary N) is 1. The molecule has 0 radical (unpaired) electrons. The minimum Gasteiger partial charge on any atom is -0.478 e. The van der Waals surface area contributed by atoms with Crippen molar-refractivity contribution in [1.29, 1.82) is 0 Å². The molecule has 0 unspecified atom stereocenters. The van der Waals surface area contributed by atoms with Crippen LogP contribution in [0.5, 0.6) is 0 Å². The average molecular weight is 272 g/mol. The van der Waals surface area contributed by atoms with Crippen molar-refractivity contribution in [2.75, 3.05) is 6.61 Å². The number of ether oxygens (including phenoxy) is 1. The van der Waals surface area contributed by atoms with Crippen LogP contribution < -0.4 is 11.1 Å². The molecule has 110 valence electrons. The lowest BCUT2D eigenvalue weighted by molar-refractivity contribution is -0.133. The van der Waals surface area contributed by atoms with Crippen LogP contribution in [0.3, 0.4) is 0 Å². The van der Waals surface area contributed by atoms with Crippen molar-refractivity contribution in [3.63, 3.8) is 0 Å². The highest BCUT2D eigenvalue weighted by atomic mass is 16.5. The van der Waals surface area contributed by atoms with E-state index in [0.717, 1.165) is 6.42 Å². The van der Waals surface area contributed by atoms with E-state index in [-0.39, 0.29) is 24.1 Å². The summed E-state index contributed by atoms with van der Waals surface area (Å²) in [6.07, 6.45) is 2.18. The van der Waals surface area contributed by atoms with Gasteiger partial charge in [0.1, 0.15) is 6.23 Å². The molecule has 4 atom stereocenters. The van der Waals surface area contributed by atoms with E-state index >= 15 is 0 Å². The molecule has 0 amide bonds. The number of carboxylic acid groups (broad SMARTS) is 1. The third-order valence-electron chi connectivity index (χ3n) is 3.20. The fourth-order valence-electron chi connectivity index (χ4n) is 2.12. The molecule has 1 rings (SSSR count). The van der Waals surface area contributed by atoms with Crippen molar-refractivity contribution < 1.29 is 19.7 Å². The summed E-state index contributed by atoms with van der Waals surface area (Å²) in [6, 6.07) is -0.663. The van der Waals surface area contributed by atoms with Gasteiger partial charge in [-0.25, -0.2) is 4.79 Å². The van der Waals surface area contributed by atoms with Crippen LogP contribution in [-0.2, 0) is 9.53 Å². The third kappa shape index (κ3) is 4.58. The minimum atomic E-state index is -0.963. The Hall–Kier alpha value is -0.950. The first-order valence-electron chi connectivity index (χ1n) is 6.74. The average Bonchev–Trinajstić information content (AvgIpc) is 2.38. The number of rotatable bonds is 7. The number of hydrogen-bond acceptors (Lipinski definition) is 5. The van der Waals surface area contributed by atoms with E-state index in [1.54, 1.807) is 6.08 Å². The van der Waals surface area contributed by atoms with Gasteiger partial charge < -0.3 is 20.7 Å². The van der Waals surface area contributed by atoms with Gasteiger partial charge in [0.25, 0.3) is 0 Å². The molecule has 0 spiro atoms. The van der Waals surface area contributed by atoms with Crippen LogP contribution in [-0.4, -0.2) is 47.2 Å². The van der Waals surface area contributed by atoms with Gasteiger partial charge in [-0.3, -0.25) is 5.32 Å². The molecule has 1 aliphatic rings. The normalized spacial score (nSPS) is 28.8. The quantitative estimate of drug-likeness (QED) is 0.494. The fraction of sp³-hybridized carbons (Fsp3) is 0.769. The zero-order valence-electron chi connectivity index (χ0n) is 11.5. The van der Waals surface area contributed by atoms with Crippen molar-refractivity contribution in [2.45, 2.75) is 57.5 Å². The fourth-order valence-corrected chi connectivity index (χ4v) is 2.12. The van der Waals surface area contributed by atoms with E-state index in [1.807, 2.05) is 13.8 Å². The Morgan fingerprint density at radius 1 is 1.63 bits per heavy atom. The second kappa shape index (κ2) is 7.59. The molecule has 0 aliphatic heterocycles. The minimum absolute atomic E-state index is 0.273. The molecule has 5 N–H and O–H groups in total.